The maximum absolute atomic E-state index is 6.44. The van der Waals surface area contributed by atoms with Gasteiger partial charge in [0.1, 0.15) is 0 Å². The van der Waals surface area contributed by atoms with Crippen molar-refractivity contribution in [3.8, 4) is 11.1 Å². The number of aromatic amines is 1. The smallest absolute Gasteiger partial charge is 0.201 e. The molecular weight excluding hydrogens is 493 g/mol. The Morgan fingerprint density at radius 1 is 0.889 bits per heavy atom. The van der Waals surface area contributed by atoms with E-state index in [-0.39, 0.29) is 6.04 Å². The number of halogens is 2. The van der Waals surface area contributed by atoms with Crippen molar-refractivity contribution in [1.29, 1.82) is 0 Å². The molecule has 1 atom stereocenters. The topological polar surface area (TPSA) is 69.9 Å². The van der Waals surface area contributed by atoms with Crippen molar-refractivity contribution in [2.45, 2.75) is 6.04 Å². The van der Waals surface area contributed by atoms with Gasteiger partial charge in [0.25, 0.3) is 0 Å². The lowest BCUT2D eigenvalue weighted by atomic mass is 9.98. The second kappa shape index (κ2) is 9.54. The number of nitrogens with zero attached hydrogens (tertiary/aromatic N) is 3. The van der Waals surface area contributed by atoms with Gasteiger partial charge < -0.3 is 25.3 Å². The van der Waals surface area contributed by atoms with Crippen molar-refractivity contribution in [2.24, 2.45) is 10.7 Å². The van der Waals surface area contributed by atoms with E-state index in [1.807, 2.05) is 18.3 Å². The molecule has 0 aliphatic carbocycles. The van der Waals surface area contributed by atoms with E-state index < -0.39 is 0 Å². The van der Waals surface area contributed by atoms with Gasteiger partial charge in [0.15, 0.2) is 0 Å². The number of aromatic nitrogens is 1. The number of morpholine rings is 1. The molecule has 2 aliphatic rings. The van der Waals surface area contributed by atoms with Crippen LogP contribution in [0.15, 0.2) is 84.1 Å². The van der Waals surface area contributed by atoms with Crippen LogP contribution in [0.1, 0.15) is 11.6 Å². The Balaban J connectivity index is 1.37. The number of hydrogen-bond acceptors (Lipinski definition) is 5. The summed E-state index contributed by atoms with van der Waals surface area (Å²) >= 11 is 12.5. The van der Waals surface area contributed by atoms with E-state index in [1.165, 1.54) is 5.69 Å². The van der Waals surface area contributed by atoms with Gasteiger partial charge in [-0.15, -0.1) is 0 Å². The average molecular weight is 518 g/mol. The van der Waals surface area contributed by atoms with Gasteiger partial charge in [0.2, 0.25) is 5.96 Å². The monoisotopic (exact) mass is 517 g/mol. The first-order valence-electron chi connectivity index (χ1n) is 11.9. The Bertz CT molecular complexity index is 1450. The zero-order valence-electron chi connectivity index (χ0n) is 19.5. The molecule has 1 aromatic heterocycles. The molecule has 0 amide bonds. The first-order valence-corrected chi connectivity index (χ1v) is 12.6. The lowest BCUT2D eigenvalue weighted by Crippen LogP contribution is -2.41. The van der Waals surface area contributed by atoms with Crippen molar-refractivity contribution < 1.29 is 4.74 Å². The quantitative estimate of drug-likeness (QED) is 0.330. The van der Waals surface area contributed by atoms with Crippen molar-refractivity contribution in [3.63, 3.8) is 0 Å². The normalized spacial score (nSPS) is 18.1. The first kappa shape index (κ1) is 23.0. The van der Waals surface area contributed by atoms with Crippen LogP contribution in [0.25, 0.3) is 22.0 Å². The van der Waals surface area contributed by atoms with Crippen LogP contribution in [-0.4, -0.2) is 37.2 Å². The van der Waals surface area contributed by atoms with E-state index in [1.54, 1.807) is 12.3 Å². The number of fused-ring (bicyclic) bond motifs is 1. The Hall–Kier alpha value is -3.45. The number of rotatable bonds is 4. The first-order chi connectivity index (χ1) is 17.6. The molecular formula is C28H25Cl2N5O. The molecule has 3 aromatic carbocycles. The molecule has 1 unspecified atom stereocenters. The van der Waals surface area contributed by atoms with Crippen LogP contribution in [0, 0.1) is 0 Å². The minimum Gasteiger partial charge on any atom is -0.378 e. The summed E-state index contributed by atoms with van der Waals surface area (Å²) in [6.07, 6.45) is 5.89. The zero-order chi connectivity index (χ0) is 24.6. The van der Waals surface area contributed by atoms with Gasteiger partial charge in [-0.05, 0) is 71.8 Å². The van der Waals surface area contributed by atoms with Crippen molar-refractivity contribution in [1.82, 2.24) is 4.98 Å². The number of guanidine groups is 1. The van der Waals surface area contributed by atoms with Crippen molar-refractivity contribution >= 4 is 51.4 Å². The summed E-state index contributed by atoms with van der Waals surface area (Å²) in [5.41, 5.74) is 12.8. The number of aliphatic imine (C=N–C) groups is 1. The van der Waals surface area contributed by atoms with Crippen LogP contribution in [0.5, 0.6) is 0 Å². The number of anilines is 2. The second-order valence-electron chi connectivity index (χ2n) is 8.92. The minimum atomic E-state index is -0.122. The van der Waals surface area contributed by atoms with E-state index >= 15 is 0 Å². The molecule has 3 heterocycles. The summed E-state index contributed by atoms with van der Waals surface area (Å²) in [6, 6.07) is 20.3. The molecule has 1 fully saturated rings. The molecule has 0 spiro atoms. The summed E-state index contributed by atoms with van der Waals surface area (Å²) < 4.78 is 5.49. The Morgan fingerprint density at radius 2 is 1.61 bits per heavy atom. The molecule has 0 bridgehead atoms. The van der Waals surface area contributed by atoms with Crippen molar-refractivity contribution in [2.75, 3.05) is 36.1 Å². The fourth-order valence-corrected chi connectivity index (χ4v) is 5.49. The number of benzene rings is 3. The minimum absolute atomic E-state index is 0.122. The maximum atomic E-state index is 6.44. The molecule has 0 radical (unpaired) electrons. The number of H-pyrrole nitrogens is 1. The highest BCUT2D eigenvalue weighted by Crippen LogP contribution is 2.37. The molecule has 2 aliphatic heterocycles. The molecule has 8 heteroatoms. The standard InChI is InChI=1S/C28H25Cl2N5O/c29-20-13-19(14-21(30)16-20)18-1-6-26-24(15-18)25(17-33-26)27-7-8-32-28(31)35(27)23-4-2-22(3-5-23)34-9-11-36-12-10-34/h1-8,13-17,27,33H,9-12H2,(H2,31,32). The van der Waals surface area contributed by atoms with Crippen LogP contribution in [-0.2, 0) is 4.74 Å². The molecule has 6 rings (SSSR count). The third-order valence-corrected chi connectivity index (χ3v) is 7.17. The summed E-state index contributed by atoms with van der Waals surface area (Å²) in [5, 5.41) is 2.32. The molecule has 36 heavy (non-hydrogen) atoms. The van der Waals surface area contributed by atoms with E-state index in [4.69, 9.17) is 33.7 Å². The van der Waals surface area contributed by atoms with Crippen LogP contribution in [0.2, 0.25) is 10.0 Å². The van der Waals surface area contributed by atoms with Gasteiger partial charge in [-0.1, -0.05) is 29.3 Å². The Morgan fingerprint density at radius 3 is 2.36 bits per heavy atom. The number of nitrogens with one attached hydrogen (secondary N) is 1. The van der Waals surface area contributed by atoms with E-state index in [0.29, 0.717) is 16.0 Å². The SMILES string of the molecule is NC1=NC=CC(c2c[nH]c3ccc(-c4cc(Cl)cc(Cl)c4)cc23)N1c1ccc(N2CCOCC2)cc1. The van der Waals surface area contributed by atoms with Crippen molar-refractivity contribution in [3.05, 3.63) is 94.7 Å². The van der Waals surface area contributed by atoms with Crippen LogP contribution >= 0.6 is 23.2 Å². The van der Waals surface area contributed by atoms with Gasteiger partial charge in [0.05, 0.1) is 19.3 Å². The number of nitrogens with two attached hydrogens (primary N) is 1. The molecule has 1 saturated heterocycles. The van der Waals surface area contributed by atoms with E-state index in [0.717, 1.165) is 59.6 Å². The molecule has 0 saturated carbocycles. The Kier molecular flexibility index (Phi) is 6.09. The third kappa shape index (κ3) is 4.32. The summed E-state index contributed by atoms with van der Waals surface area (Å²) in [4.78, 5) is 12.2. The van der Waals surface area contributed by atoms with Gasteiger partial charge >= 0.3 is 0 Å². The second-order valence-corrected chi connectivity index (χ2v) is 9.79. The third-order valence-electron chi connectivity index (χ3n) is 6.73. The highest BCUT2D eigenvalue weighted by molar-refractivity contribution is 6.35. The predicted molar refractivity (Wildman–Crippen MR) is 149 cm³/mol. The van der Waals surface area contributed by atoms with Gasteiger partial charge in [-0.25, -0.2) is 4.99 Å². The molecule has 3 N–H and O–H groups in total. The fraction of sp³-hybridized carbons (Fsp3) is 0.179. The highest BCUT2D eigenvalue weighted by Gasteiger charge is 2.27. The largest absolute Gasteiger partial charge is 0.378 e. The maximum Gasteiger partial charge on any atom is 0.201 e. The van der Waals surface area contributed by atoms with Crippen LogP contribution < -0.4 is 15.5 Å². The molecule has 182 valence electrons. The lowest BCUT2D eigenvalue weighted by Gasteiger charge is -2.33. The van der Waals surface area contributed by atoms with Gasteiger partial charge in [-0.2, -0.15) is 0 Å². The molecule has 6 nitrogen and oxygen atoms in total. The fourth-order valence-electron chi connectivity index (χ4n) is 4.96. The average Bonchev–Trinajstić information content (AvgIpc) is 3.32. The summed E-state index contributed by atoms with van der Waals surface area (Å²) in [6.45, 7) is 3.30. The Labute approximate surface area is 219 Å². The van der Waals surface area contributed by atoms with Crippen LogP contribution in [0.3, 0.4) is 0 Å². The summed E-state index contributed by atoms with van der Waals surface area (Å²) in [7, 11) is 0. The molecule has 4 aromatic rings. The zero-order valence-corrected chi connectivity index (χ0v) is 21.0. The lowest BCUT2D eigenvalue weighted by molar-refractivity contribution is 0.122. The number of hydrogen-bond donors (Lipinski definition) is 2. The summed E-state index contributed by atoms with van der Waals surface area (Å²) in [5.74, 6) is 0.453. The van der Waals surface area contributed by atoms with E-state index in [2.05, 4.69) is 68.3 Å². The van der Waals surface area contributed by atoms with Gasteiger partial charge in [-0.3, -0.25) is 0 Å². The van der Waals surface area contributed by atoms with Gasteiger partial charge in [0, 0.05) is 63.4 Å². The number of ether oxygens (including phenoxy) is 1. The highest BCUT2D eigenvalue weighted by atomic mass is 35.5. The van der Waals surface area contributed by atoms with Crippen LogP contribution in [0.4, 0.5) is 11.4 Å². The predicted octanol–water partition coefficient (Wildman–Crippen LogP) is 6.37. The van der Waals surface area contributed by atoms with E-state index in [9.17, 15) is 0 Å².